The lowest BCUT2D eigenvalue weighted by molar-refractivity contribution is 1.10. The average Bonchev–Trinajstić information content (AvgIpc) is 2.96. The lowest BCUT2D eigenvalue weighted by atomic mass is 9.74. The summed E-state index contributed by atoms with van der Waals surface area (Å²) in [5.41, 5.74) is 4.30. The first-order chi connectivity index (χ1) is 7.88. The van der Waals surface area contributed by atoms with Crippen LogP contribution in [0.2, 0.25) is 6.82 Å². The molecule has 0 spiro atoms. The van der Waals surface area contributed by atoms with Gasteiger partial charge < -0.3 is 4.98 Å². The fourth-order valence-corrected chi connectivity index (χ4v) is 1.87. The minimum Gasteiger partial charge on any atom is -0.345 e. The molecule has 3 rings (SSSR count). The van der Waals surface area contributed by atoms with Crippen molar-refractivity contribution in [3.8, 4) is 11.3 Å². The summed E-state index contributed by atoms with van der Waals surface area (Å²) in [4.78, 5) is 7.56. The molecule has 0 unspecified atom stereocenters. The normalized spacial score (nSPS) is 10.8. The summed E-state index contributed by atoms with van der Waals surface area (Å²) < 4.78 is 0. The van der Waals surface area contributed by atoms with E-state index < -0.39 is 0 Å². The highest BCUT2D eigenvalue weighted by Crippen LogP contribution is 2.24. The van der Waals surface area contributed by atoms with Crippen LogP contribution in [0.5, 0.6) is 0 Å². The molecule has 5 heteroatoms. The number of aromatic amines is 2. The minimum atomic E-state index is 0.918. The standard InChI is InChI=1S/C11H11BN4/c1-12-7-4-8-9(10-2-3-15-16-10)6-14-11(8)13-5-7/h2-6,12H,1H3,(H,13,14)(H,15,16). The zero-order valence-electron chi connectivity index (χ0n) is 8.99. The SMILES string of the molecule is CBc1cnc2[nH]cc(-c3ccn[nH]3)c2c1. The summed E-state index contributed by atoms with van der Waals surface area (Å²) >= 11 is 0. The van der Waals surface area contributed by atoms with Gasteiger partial charge in [-0.15, -0.1) is 0 Å². The third-order valence-electron chi connectivity index (χ3n) is 2.79. The van der Waals surface area contributed by atoms with E-state index in [0.717, 1.165) is 29.6 Å². The Morgan fingerprint density at radius 2 is 2.31 bits per heavy atom. The molecular weight excluding hydrogens is 199 g/mol. The van der Waals surface area contributed by atoms with Crippen LogP contribution in [0.3, 0.4) is 0 Å². The van der Waals surface area contributed by atoms with Crippen LogP contribution in [0.15, 0.2) is 30.7 Å². The number of nitrogens with zero attached hydrogens (tertiary/aromatic N) is 2. The first-order valence-electron chi connectivity index (χ1n) is 5.34. The van der Waals surface area contributed by atoms with Gasteiger partial charge in [-0.05, 0) is 6.07 Å². The summed E-state index contributed by atoms with van der Waals surface area (Å²) in [7, 11) is 0.997. The molecule has 0 fully saturated rings. The van der Waals surface area contributed by atoms with Crippen molar-refractivity contribution in [1.82, 2.24) is 20.2 Å². The maximum absolute atomic E-state index is 4.39. The Labute approximate surface area is 93.3 Å². The topological polar surface area (TPSA) is 57.4 Å². The molecule has 2 N–H and O–H groups in total. The predicted molar refractivity (Wildman–Crippen MR) is 66.3 cm³/mol. The minimum absolute atomic E-state index is 0.918. The van der Waals surface area contributed by atoms with Crippen LogP contribution in [0.25, 0.3) is 22.3 Å². The quantitative estimate of drug-likeness (QED) is 0.621. The Morgan fingerprint density at radius 1 is 1.38 bits per heavy atom. The fourth-order valence-electron chi connectivity index (χ4n) is 1.87. The van der Waals surface area contributed by atoms with Gasteiger partial charge in [0.1, 0.15) is 5.65 Å². The number of fused-ring (bicyclic) bond motifs is 1. The summed E-state index contributed by atoms with van der Waals surface area (Å²) in [6.07, 6.45) is 5.63. The Hall–Kier alpha value is -2.04. The molecule has 0 radical (unpaired) electrons. The van der Waals surface area contributed by atoms with Gasteiger partial charge in [0.15, 0.2) is 7.28 Å². The van der Waals surface area contributed by atoms with Crippen LogP contribution in [-0.4, -0.2) is 27.4 Å². The largest absolute Gasteiger partial charge is 0.345 e. The van der Waals surface area contributed by atoms with E-state index >= 15 is 0 Å². The molecule has 0 saturated heterocycles. The van der Waals surface area contributed by atoms with Crippen LogP contribution < -0.4 is 5.46 Å². The van der Waals surface area contributed by atoms with Gasteiger partial charge in [0.05, 0.1) is 5.69 Å². The summed E-state index contributed by atoms with van der Waals surface area (Å²) in [6, 6.07) is 4.14. The van der Waals surface area contributed by atoms with E-state index in [1.165, 1.54) is 5.46 Å². The van der Waals surface area contributed by atoms with Crippen LogP contribution in [0.4, 0.5) is 0 Å². The van der Waals surface area contributed by atoms with E-state index in [-0.39, 0.29) is 0 Å². The molecule has 3 heterocycles. The Bertz CT molecular complexity index is 612. The van der Waals surface area contributed by atoms with Crippen molar-refractivity contribution in [2.45, 2.75) is 6.82 Å². The highest BCUT2D eigenvalue weighted by atomic mass is 15.1. The van der Waals surface area contributed by atoms with Crippen LogP contribution in [-0.2, 0) is 0 Å². The zero-order chi connectivity index (χ0) is 11.0. The van der Waals surface area contributed by atoms with Crippen LogP contribution in [0, 0.1) is 0 Å². The number of hydrogen-bond acceptors (Lipinski definition) is 2. The lowest BCUT2D eigenvalue weighted by Crippen LogP contribution is -2.10. The molecule has 0 aliphatic carbocycles. The maximum atomic E-state index is 4.39. The highest BCUT2D eigenvalue weighted by molar-refractivity contribution is 6.52. The van der Waals surface area contributed by atoms with Gasteiger partial charge in [-0.3, -0.25) is 5.10 Å². The predicted octanol–water partition coefficient (Wildman–Crippen LogP) is 1.06. The third-order valence-corrected chi connectivity index (χ3v) is 2.79. The molecular formula is C11H11BN4. The van der Waals surface area contributed by atoms with Gasteiger partial charge in [-0.2, -0.15) is 5.10 Å². The Kier molecular flexibility index (Phi) is 2.03. The molecule has 0 bridgehead atoms. The first kappa shape index (κ1) is 9.21. The molecule has 0 aliphatic heterocycles. The van der Waals surface area contributed by atoms with E-state index in [4.69, 9.17) is 0 Å². The smallest absolute Gasteiger partial charge is 0.156 e. The molecule has 78 valence electrons. The second-order valence-electron chi connectivity index (χ2n) is 3.77. The third kappa shape index (κ3) is 1.32. The van der Waals surface area contributed by atoms with Crippen molar-refractivity contribution >= 4 is 23.8 Å². The summed E-state index contributed by atoms with van der Waals surface area (Å²) in [6.45, 7) is 2.13. The average molecular weight is 210 g/mol. The van der Waals surface area contributed by atoms with Crippen molar-refractivity contribution in [3.05, 3.63) is 30.7 Å². The molecule has 0 amide bonds. The number of aromatic nitrogens is 4. The van der Waals surface area contributed by atoms with Crippen molar-refractivity contribution in [3.63, 3.8) is 0 Å². The fraction of sp³-hybridized carbons (Fsp3) is 0.0909. The molecule has 0 saturated carbocycles. The van der Waals surface area contributed by atoms with Crippen molar-refractivity contribution in [2.75, 3.05) is 0 Å². The second kappa shape index (κ2) is 3.52. The number of rotatable bonds is 2. The Morgan fingerprint density at radius 3 is 3.06 bits per heavy atom. The van der Waals surface area contributed by atoms with Crippen molar-refractivity contribution in [1.29, 1.82) is 0 Å². The first-order valence-corrected chi connectivity index (χ1v) is 5.34. The summed E-state index contributed by atoms with van der Waals surface area (Å²) in [5, 5.41) is 8.08. The number of H-pyrrole nitrogens is 2. The molecule has 0 aromatic carbocycles. The van der Waals surface area contributed by atoms with Crippen LogP contribution >= 0.6 is 0 Å². The van der Waals surface area contributed by atoms with Gasteiger partial charge in [-0.1, -0.05) is 18.4 Å². The van der Waals surface area contributed by atoms with Gasteiger partial charge in [-0.25, -0.2) is 4.98 Å². The number of hydrogen-bond donors (Lipinski definition) is 2. The van der Waals surface area contributed by atoms with E-state index in [9.17, 15) is 0 Å². The summed E-state index contributed by atoms with van der Waals surface area (Å²) in [5.74, 6) is 0. The molecule has 4 nitrogen and oxygen atoms in total. The van der Waals surface area contributed by atoms with E-state index in [1.807, 2.05) is 18.5 Å². The Balaban J connectivity index is 2.25. The van der Waals surface area contributed by atoms with Crippen LogP contribution in [0.1, 0.15) is 0 Å². The molecule has 3 aromatic heterocycles. The number of pyridine rings is 1. The second-order valence-corrected chi connectivity index (χ2v) is 3.77. The monoisotopic (exact) mass is 210 g/mol. The molecule has 0 aliphatic rings. The van der Waals surface area contributed by atoms with Gasteiger partial charge >= 0.3 is 0 Å². The highest BCUT2D eigenvalue weighted by Gasteiger charge is 2.08. The van der Waals surface area contributed by atoms with E-state index in [1.54, 1.807) is 6.20 Å². The van der Waals surface area contributed by atoms with Gasteiger partial charge in [0.2, 0.25) is 0 Å². The van der Waals surface area contributed by atoms with Gasteiger partial charge in [0, 0.05) is 29.5 Å². The molecule has 3 aromatic rings. The van der Waals surface area contributed by atoms with E-state index in [0.29, 0.717) is 0 Å². The van der Waals surface area contributed by atoms with Crippen molar-refractivity contribution in [2.24, 2.45) is 0 Å². The zero-order valence-corrected chi connectivity index (χ0v) is 8.99. The lowest BCUT2D eigenvalue weighted by Gasteiger charge is -1.97. The molecule has 16 heavy (non-hydrogen) atoms. The maximum Gasteiger partial charge on any atom is 0.156 e. The number of nitrogens with one attached hydrogen (secondary N) is 2. The van der Waals surface area contributed by atoms with Crippen molar-refractivity contribution < 1.29 is 0 Å². The molecule has 0 atom stereocenters. The van der Waals surface area contributed by atoms with Gasteiger partial charge in [0.25, 0.3) is 0 Å². The van der Waals surface area contributed by atoms with E-state index in [2.05, 4.69) is 33.1 Å².